The van der Waals surface area contributed by atoms with Crippen molar-refractivity contribution in [1.29, 1.82) is 0 Å². The van der Waals surface area contributed by atoms with Crippen LogP contribution in [0.15, 0.2) is 47.6 Å². The SMILES string of the molecule is COc1ccc(CNC(=O)C(=O)N/N=C\c2ccc(OC)c(OC)c2)cc1. The Balaban J connectivity index is 1.85. The number of benzene rings is 2. The molecule has 2 N–H and O–H groups in total. The van der Waals surface area contributed by atoms with Crippen molar-refractivity contribution >= 4 is 18.0 Å². The van der Waals surface area contributed by atoms with E-state index >= 15 is 0 Å². The molecule has 0 atom stereocenters. The van der Waals surface area contributed by atoms with Crippen molar-refractivity contribution in [1.82, 2.24) is 10.7 Å². The molecule has 142 valence electrons. The molecule has 2 rings (SSSR count). The van der Waals surface area contributed by atoms with Crippen LogP contribution < -0.4 is 25.0 Å². The van der Waals surface area contributed by atoms with Gasteiger partial charge in [0.1, 0.15) is 5.75 Å². The first-order valence-corrected chi connectivity index (χ1v) is 8.03. The number of hydrazone groups is 1. The predicted molar refractivity (Wildman–Crippen MR) is 100 cm³/mol. The Kier molecular flexibility index (Phi) is 7.18. The summed E-state index contributed by atoms with van der Waals surface area (Å²) in [6.45, 7) is 0.218. The molecule has 2 aromatic carbocycles. The molecule has 0 fully saturated rings. The zero-order valence-electron chi connectivity index (χ0n) is 15.3. The van der Waals surface area contributed by atoms with Crippen molar-refractivity contribution in [3.05, 3.63) is 53.6 Å². The Morgan fingerprint density at radius 3 is 2.26 bits per heavy atom. The van der Waals surface area contributed by atoms with Crippen molar-refractivity contribution in [2.75, 3.05) is 21.3 Å². The number of hydrogen-bond acceptors (Lipinski definition) is 6. The first kappa shape index (κ1) is 19.8. The monoisotopic (exact) mass is 371 g/mol. The van der Waals surface area contributed by atoms with Gasteiger partial charge in [0.05, 0.1) is 27.5 Å². The highest BCUT2D eigenvalue weighted by Gasteiger charge is 2.12. The zero-order valence-corrected chi connectivity index (χ0v) is 15.3. The predicted octanol–water partition coefficient (Wildman–Crippen LogP) is 1.48. The van der Waals surface area contributed by atoms with Gasteiger partial charge in [-0.2, -0.15) is 5.10 Å². The van der Waals surface area contributed by atoms with Crippen LogP contribution >= 0.6 is 0 Å². The highest BCUT2D eigenvalue weighted by molar-refractivity contribution is 6.35. The van der Waals surface area contributed by atoms with Crippen molar-refractivity contribution in [3.8, 4) is 17.2 Å². The Labute approximate surface area is 157 Å². The maximum absolute atomic E-state index is 11.8. The van der Waals surface area contributed by atoms with E-state index in [0.29, 0.717) is 22.8 Å². The number of carbonyl (C=O) groups is 2. The van der Waals surface area contributed by atoms with E-state index in [1.165, 1.54) is 20.4 Å². The third-order valence-corrected chi connectivity index (χ3v) is 3.61. The van der Waals surface area contributed by atoms with E-state index in [-0.39, 0.29) is 6.54 Å². The summed E-state index contributed by atoms with van der Waals surface area (Å²) >= 11 is 0. The lowest BCUT2D eigenvalue weighted by Gasteiger charge is -2.07. The van der Waals surface area contributed by atoms with Crippen LogP contribution in [-0.4, -0.2) is 39.4 Å². The Bertz CT molecular complexity index is 819. The highest BCUT2D eigenvalue weighted by atomic mass is 16.5. The Morgan fingerprint density at radius 1 is 0.926 bits per heavy atom. The second kappa shape index (κ2) is 9.81. The molecule has 0 aliphatic carbocycles. The normalized spacial score (nSPS) is 10.3. The number of methoxy groups -OCH3 is 3. The highest BCUT2D eigenvalue weighted by Crippen LogP contribution is 2.26. The van der Waals surface area contributed by atoms with Crippen molar-refractivity contribution < 1.29 is 23.8 Å². The van der Waals surface area contributed by atoms with Gasteiger partial charge in [0.15, 0.2) is 11.5 Å². The fraction of sp³-hybridized carbons (Fsp3) is 0.211. The minimum atomic E-state index is -0.861. The average Bonchev–Trinajstić information content (AvgIpc) is 2.72. The van der Waals surface area contributed by atoms with Crippen LogP contribution in [0.3, 0.4) is 0 Å². The maximum Gasteiger partial charge on any atom is 0.329 e. The summed E-state index contributed by atoms with van der Waals surface area (Å²) in [6, 6.07) is 12.3. The van der Waals surface area contributed by atoms with Crippen molar-refractivity contribution in [2.24, 2.45) is 5.10 Å². The van der Waals surface area contributed by atoms with Crippen LogP contribution in [0.25, 0.3) is 0 Å². The topological polar surface area (TPSA) is 98.2 Å². The molecule has 2 amide bonds. The first-order valence-electron chi connectivity index (χ1n) is 8.03. The maximum atomic E-state index is 11.8. The van der Waals surface area contributed by atoms with Crippen molar-refractivity contribution in [2.45, 2.75) is 6.54 Å². The van der Waals surface area contributed by atoms with E-state index in [1.807, 2.05) is 0 Å². The van der Waals surface area contributed by atoms with Gasteiger partial charge in [-0.1, -0.05) is 12.1 Å². The lowest BCUT2D eigenvalue weighted by atomic mass is 10.2. The number of carbonyl (C=O) groups excluding carboxylic acids is 2. The molecule has 0 aromatic heterocycles. The zero-order chi connectivity index (χ0) is 19.6. The molecule has 0 aliphatic heterocycles. The van der Waals surface area contributed by atoms with E-state index in [0.717, 1.165) is 5.56 Å². The van der Waals surface area contributed by atoms with Crippen LogP contribution in [0.1, 0.15) is 11.1 Å². The van der Waals surface area contributed by atoms with Crippen LogP contribution in [-0.2, 0) is 16.1 Å². The van der Waals surface area contributed by atoms with E-state index in [4.69, 9.17) is 14.2 Å². The standard InChI is InChI=1S/C19H21N3O5/c1-25-15-7-4-13(5-8-15)11-20-18(23)19(24)22-21-12-14-6-9-16(26-2)17(10-14)27-3/h4-10,12H,11H2,1-3H3,(H,20,23)(H,22,24)/b21-12-. The van der Waals surface area contributed by atoms with Gasteiger partial charge in [0, 0.05) is 6.54 Å². The summed E-state index contributed by atoms with van der Waals surface area (Å²) in [4.78, 5) is 23.6. The van der Waals surface area contributed by atoms with Gasteiger partial charge in [0.25, 0.3) is 0 Å². The van der Waals surface area contributed by atoms with E-state index in [9.17, 15) is 9.59 Å². The Morgan fingerprint density at radius 2 is 1.63 bits per heavy atom. The summed E-state index contributed by atoms with van der Waals surface area (Å²) in [5, 5.41) is 6.29. The number of amides is 2. The van der Waals surface area contributed by atoms with E-state index < -0.39 is 11.8 Å². The number of ether oxygens (including phenoxy) is 3. The molecule has 0 aliphatic rings. The second-order valence-electron chi connectivity index (χ2n) is 5.34. The quantitative estimate of drug-likeness (QED) is 0.436. The van der Waals surface area contributed by atoms with Gasteiger partial charge in [0.2, 0.25) is 0 Å². The molecular formula is C19H21N3O5. The second-order valence-corrected chi connectivity index (χ2v) is 5.34. The smallest absolute Gasteiger partial charge is 0.329 e. The lowest BCUT2D eigenvalue weighted by Crippen LogP contribution is -2.37. The third-order valence-electron chi connectivity index (χ3n) is 3.61. The molecule has 0 saturated heterocycles. The van der Waals surface area contributed by atoms with Crippen LogP contribution in [0, 0.1) is 0 Å². The minimum absolute atomic E-state index is 0.218. The molecule has 0 radical (unpaired) electrons. The molecule has 8 heteroatoms. The average molecular weight is 371 g/mol. The summed E-state index contributed by atoms with van der Waals surface area (Å²) in [5.74, 6) is 0.185. The van der Waals surface area contributed by atoms with Gasteiger partial charge in [-0.3, -0.25) is 9.59 Å². The molecule has 0 saturated carbocycles. The fourth-order valence-electron chi connectivity index (χ4n) is 2.16. The van der Waals surface area contributed by atoms with E-state index in [1.54, 1.807) is 49.6 Å². The number of nitrogens with one attached hydrogen (secondary N) is 2. The first-order chi connectivity index (χ1) is 13.1. The fourth-order valence-corrected chi connectivity index (χ4v) is 2.16. The molecule has 0 unspecified atom stereocenters. The number of rotatable bonds is 7. The van der Waals surface area contributed by atoms with Crippen molar-refractivity contribution in [3.63, 3.8) is 0 Å². The minimum Gasteiger partial charge on any atom is -0.497 e. The van der Waals surface area contributed by atoms with Crippen LogP contribution in [0.5, 0.6) is 17.2 Å². The summed E-state index contributed by atoms with van der Waals surface area (Å²) in [5.41, 5.74) is 3.69. The third kappa shape index (κ3) is 5.74. The number of nitrogens with zero attached hydrogens (tertiary/aromatic N) is 1. The summed E-state index contributed by atoms with van der Waals surface area (Å²) < 4.78 is 15.4. The van der Waals surface area contributed by atoms with Gasteiger partial charge < -0.3 is 19.5 Å². The molecule has 2 aromatic rings. The van der Waals surface area contributed by atoms with Gasteiger partial charge >= 0.3 is 11.8 Å². The molecule has 0 heterocycles. The molecule has 8 nitrogen and oxygen atoms in total. The van der Waals surface area contributed by atoms with Crippen LogP contribution in [0.2, 0.25) is 0 Å². The molecule has 27 heavy (non-hydrogen) atoms. The summed E-state index contributed by atoms with van der Waals surface area (Å²) in [6.07, 6.45) is 1.40. The largest absolute Gasteiger partial charge is 0.497 e. The van der Waals surface area contributed by atoms with Gasteiger partial charge in [-0.05, 0) is 41.5 Å². The van der Waals surface area contributed by atoms with Gasteiger partial charge in [-0.25, -0.2) is 5.43 Å². The Hall–Kier alpha value is -3.55. The molecular weight excluding hydrogens is 350 g/mol. The summed E-state index contributed by atoms with van der Waals surface area (Å²) in [7, 11) is 4.63. The van der Waals surface area contributed by atoms with E-state index in [2.05, 4.69) is 15.8 Å². The molecule has 0 spiro atoms. The van der Waals surface area contributed by atoms with Crippen LogP contribution in [0.4, 0.5) is 0 Å². The van der Waals surface area contributed by atoms with Gasteiger partial charge in [-0.15, -0.1) is 0 Å². The molecule has 0 bridgehead atoms. The number of hydrogen-bond donors (Lipinski definition) is 2. The lowest BCUT2D eigenvalue weighted by molar-refractivity contribution is -0.139.